The number of thioether (sulfide) groups is 1. The molecule has 0 spiro atoms. The van der Waals surface area contributed by atoms with Crippen molar-refractivity contribution in [2.24, 2.45) is 0 Å². The Morgan fingerprint density at radius 1 is 1.14 bits per heavy atom. The predicted molar refractivity (Wildman–Crippen MR) is 107 cm³/mol. The molecule has 0 saturated carbocycles. The maximum Gasteiger partial charge on any atom is 0.416 e. The number of fused-ring (bicyclic) bond motifs is 1. The average molecular weight is 419 g/mol. The van der Waals surface area contributed by atoms with Crippen LogP contribution in [0.3, 0.4) is 0 Å². The number of amides is 1. The SMILES string of the molecule is CSc1cccc(C(=O)N2CCC(n3cnc4cc(C(F)(F)F)ccc43)CC2)c1. The monoisotopic (exact) mass is 419 g/mol. The molecule has 8 heteroatoms. The highest BCUT2D eigenvalue weighted by Crippen LogP contribution is 2.33. The van der Waals surface area contributed by atoms with Gasteiger partial charge in [-0.1, -0.05) is 6.07 Å². The molecule has 29 heavy (non-hydrogen) atoms. The fourth-order valence-corrected chi connectivity index (χ4v) is 4.24. The van der Waals surface area contributed by atoms with Crippen molar-refractivity contribution in [3.8, 4) is 0 Å². The van der Waals surface area contributed by atoms with Gasteiger partial charge in [0.1, 0.15) is 0 Å². The molecule has 1 saturated heterocycles. The number of likely N-dealkylation sites (tertiary alicyclic amines) is 1. The molecule has 4 nitrogen and oxygen atoms in total. The van der Waals surface area contributed by atoms with Crippen LogP contribution < -0.4 is 0 Å². The lowest BCUT2D eigenvalue weighted by Crippen LogP contribution is -2.39. The van der Waals surface area contributed by atoms with Crippen LogP contribution in [0.2, 0.25) is 0 Å². The molecule has 2 aromatic carbocycles. The number of hydrogen-bond donors (Lipinski definition) is 0. The first-order valence-electron chi connectivity index (χ1n) is 9.34. The zero-order valence-electron chi connectivity index (χ0n) is 15.8. The highest BCUT2D eigenvalue weighted by Gasteiger charge is 2.31. The number of hydrogen-bond acceptors (Lipinski definition) is 3. The maximum absolute atomic E-state index is 12.9. The molecule has 1 amide bonds. The summed E-state index contributed by atoms with van der Waals surface area (Å²) in [5.41, 5.74) is 1.02. The van der Waals surface area contributed by atoms with E-state index in [1.165, 1.54) is 6.07 Å². The van der Waals surface area contributed by atoms with Gasteiger partial charge in [0.25, 0.3) is 5.91 Å². The second kappa shape index (κ2) is 7.74. The van der Waals surface area contributed by atoms with Crippen molar-refractivity contribution in [3.63, 3.8) is 0 Å². The van der Waals surface area contributed by atoms with Crippen LogP contribution in [0, 0.1) is 0 Å². The third-order valence-corrected chi connectivity index (χ3v) is 6.09. The molecule has 0 unspecified atom stereocenters. The van der Waals surface area contributed by atoms with Crippen molar-refractivity contribution < 1.29 is 18.0 Å². The lowest BCUT2D eigenvalue weighted by molar-refractivity contribution is -0.137. The second-order valence-electron chi connectivity index (χ2n) is 7.11. The molecule has 152 valence electrons. The number of piperidine rings is 1. The van der Waals surface area contributed by atoms with Crippen molar-refractivity contribution in [1.29, 1.82) is 0 Å². The van der Waals surface area contributed by atoms with Crippen molar-refractivity contribution >= 4 is 28.7 Å². The van der Waals surface area contributed by atoms with Gasteiger partial charge in [0.05, 0.1) is 22.9 Å². The number of carbonyl (C=O) groups excluding carboxylic acids is 1. The van der Waals surface area contributed by atoms with E-state index in [9.17, 15) is 18.0 Å². The molecule has 0 atom stereocenters. The Morgan fingerprint density at radius 3 is 2.59 bits per heavy atom. The van der Waals surface area contributed by atoms with Gasteiger partial charge in [0, 0.05) is 29.6 Å². The predicted octanol–water partition coefficient (Wildman–Crippen LogP) is 5.25. The largest absolute Gasteiger partial charge is 0.416 e. The number of carbonyl (C=O) groups is 1. The van der Waals surface area contributed by atoms with Gasteiger partial charge in [-0.3, -0.25) is 4.79 Å². The Kier molecular flexibility index (Phi) is 5.29. The van der Waals surface area contributed by atoms with Crippen molar-refractivity contribution in [3.05, 3.63) is 59.9 Å². The Labute approximate surface area is 170 Å². The van der Waals surface area contributed by atoms with Gasteiger partial charge in [0.15, 0.2) is 0 Å². The van der Waals surface area contributed by atoms with Crippen LogP contribution in [0.1, 0.15) is 34.8 Å². The summed E-state index contributed by atoms with van der Waals surface area (Å²) in [6, 6.07) is 11.4. The minimum atomic E-state index is -4.38. The zero-order chi connectivity index (χ0) is 20.6. The van der Waals surface area contributed by atoms with Gasteiger partial charge < -0.3 is 9.47 Å². The third-order valence-electron chi connectivity index (χ3n) is 5.36. The summed E-state index contributed by atoms with van der Waals surface area (Å²) < 4.78 is 40.7. The molecule has 1 aromatic heterocycles. The molecule has 1 aliphatic rings. The van der Waals surface area contributed by atoms with Crippen LogP contribution in [-0.2, 0) is 6.18 Å². The standard InChI is InChI=1S/C21H20F3N3OS/c1-29-17-4-2-3-14(11-17)20(28)26-9-7-16(8-10-26)27-13-25-18-12-15(21(22,23)24)5-6-19(18)27/h2-6,11-13,16H,7-10H2,1H3. The molecule has 2 heterocycles. The van der Waals surface area contributed by atoms with E-state index in [0.29, 0.717) is 29.7 Å². The molecule has 4 rings (SSSR count). The lowest BCUT2D eigenvalue weighted by Gasteiger charge is -2.33. The first kappa shape index (κ1) is 19.8. The summed E-state index contributed by atoms with van der Waals surface area (Å²) in [6.07, 6.45) is 0.676. The summed E-state index contributed by atoms with van der Waals surface area (Å²) in [7, 11) is 0. The van der Waals surface area contributed by atoms with Gasteiger partial charge in [-0.2, -0.15) is 13.2 Å². The van der Waals surface area contributed by atoms with Gasteiger partial charge >= 0.3 is 6.18 Å². The molecule has 1 aliphatic heterocycles. The number of benzene rings is 2. The summed E-state index contributed by atoms with van der Waals surface area (Å²) in [5, 5.41) is 0. The number of alkyl halides is 3. The number of imidazole rings is 1. The van der Waals surface area contributed by atoms with E-state index in [1.807, 2.05) is 40.0 Å². The molecular formula is C21H20F3N3OS. The Hall–Kier alpha value is -2.48. The van der Waals surface area contributed by atoms with Crippen LogP contribution in [0.15, 0.2) is 53.7 Å². The normalized spacial score (nSPS) is 15.8. The molecule has 3 aromatic rings. The lowest BCUT2D eigenvalue weighted by atomic mass is 10.0. The highest BCUT2D eigenvalue weighted by atomic mass is 32.2. The van der Waals surface area contributed by atoms with Gasteiger partial charge in [-0.15, -0.1) is 11.8 Å². The van der Waals surface area contributed by atoms with E-state index in [0.717, 1.165) is 29.9 Å². The van der Waals surface area contributed by atoms with E-state index >= 15 is 0 Å². The first-order valence-corrected chi connectivity index (χ1v) is 10.6. The van der Waals surface area contributed by atoms with Crippen LogP contribution in [0.5, 0.6) is 0 Å². The first-order chi connectivity index (χ1) is 13.9. The quantitative estimate of drug-likeness (QED) is 0.544. The number of halogens is 3. The zero-order valence-corrected chi connectivity index (χ0v) is 16.6. The Morgan fingerprint density at radius 2 is 1.90 bits per heavy atom. The molecular weight excluding hydrogens is 399 g/mol. The molecule has 0 radical (unpaired) electrons. The minimum Gasteiger partial charge on any atom is -0.338 e. The van der Waals surface area contributed by atoms with E-state index < -0.39 is 11.7 Å². The van der Waals surface area contributed by atoms with Crippen molar-refractivity contribution in [2.75, 3.05) is 19.3 Å². The summed E-state index contributed by atoms with van der Waals surface area (Å²) >= 11 is 1.60. The van der Waals surface area contributed by atoms with Crippen LogP contribution in [0.25, 0.3) is 11.0 Å². The van der Waals surface area contributed by atoms with Gasteiger partial charge in [0.2, 0.25) is 0 Å². The van der Waals surface area contributed by atoms with Crippen molar-refractivity contribution in [1.82, 2.24) is 14.5 Å². The molecule has 0 aliphatic carbocycles. The Balaban J connectivity index is 1.47. The van der Waals surface area contributed by atoms with E-state index in [4.69, 9.17) is 0 Å². The van der Waals surface area contributed by atoms with Crippen LogP contribution >= 0.6 is 11.8 Å². The number of nitrogens with zero attached hydrogens (tertiary/aromatic N) is 3. The fraction of sp³-hybridized carbons (Fsp3) is 0.333. The second-order valence-corrected chi connectivity index (χ2v) is 7.99. The average Bonchev–Trinajstić information content (AvgIpc) is 3.16. The summed E-state index contributed by atoms with van der Waals surface area (Å²) in [6.45, 7) is 1.21. The minimum absolute atomic E-state index is 0.0182. The van der Waals surface area contributed by atoms with Crippen LogP contribution in [-0.4, -0.2) is 39.7 Å². The smallest absolute Gasteiger partial charge is 0.338 e. The van der Waals surface area contributed by atoms with E-state index in [1.54, 1.807) is 18.1 Å². The maximum atomic E-state index is 12.9. The van der Waals surface area contributed by atoms with Crippen LogP contribution in [0.4, 0.5) is 13.2 Å². The highest BCUT2D eigenvalue weighted by molar-refractivity contribution is 7.98. The Bertz CT molecular complexity index is 1040. The number of rotatable bonds is 3. The van der Waals surface area contributed by atoms with E-state index in [2.05, 4.69) is 4.98 Å². The van der Waals surface area contributed by atoms with Gasteiger partial charge in [-0.25, -0.2) is 4.98 Å². The third kappa shape index (κ3) is 3.99. The topological polar surface area (TPSA) is 38.1 Å². The summed E-state index contributed by atoms with van der Waals surface area (Å²) in [4.78, 5) is 19.9. The fourth-order valence-electron chi connectivity index (χ4n) is 3.78. The van der Waals surface area contributed by atoms with Gasteiger partial charge in [-0.05, 0) is 55.5 Å². The number of aromatic nitrogens is 2. The summed E-state index contributed by atoms with van der Waals surface area (Å²) in [5.74, 6) is 0.0182. The molecule has 1 fully saturated rings. The van der Waals surface area contributed by atoms with E-state index in [-0.39, 0.29) is 11.9 Å². The molecule has 0 N–H and O–H groups in total. The molecule has 0 bridgehead atoms. The van der Waals surface area contributed by atoms with Crippen molar-refractivity contribution in [2.45, 2.75) is 30.0 Å².